The van der Waals surface area contributed by atoms with Gasteiger partial charge in [0.05, 0.1) is 25.8 Å². The maximum atomic E-state index is 12.3. The van der Waals surface area contributed by atoms with Crippen molar-refractivity contribution < 1.29 is 19.1 Å². The van der Waals surface area contributed by atoms with Crippen LogP contribution in [0, 0.1) is 0 Å². The van der Waals surface area contributed by atoms with Crippen LogP contribution < -0.4 is 15.4 Å². The molecule has 2 aromatic rings. The molecule has 0 saturated heterocycles. The van der Waals surface area contributed by atoms with Gasteiger partial charge in [-0.1, -0.05) is 30.3 Å². The van der Waals surface area contributed by atoms with Crippen molar-refractivity contribution in [2.75, 3.05) is 14.2 Å². The molecule has 24 heavy (non-hydrogen) atoms. The Kier molecular flexibility index (Phi) is 4.12. The summed E-state index contributed by atoms with van der Waals surface area (Å²) in [5.41, 5.74) is 1.54. The summed E-state index contributed by atoms with van der Waals surface area (Å²) in [6.07, 6.45) is 0. The van der Waals surface area contributed by atoms with Gasteiger partial charge in [0.2, 0.25) is 0 Å². The first-order valence-electron chi connectivity index (χ1n) is 7.49. The van der Waals surface area contributed by atoms with E-state index in [1.165, 1.54) is 7.11 Å². The summed E-state index contributed by atoms with van der Waals surface area (Å²) >= 11 is 0. The first-order valence-corrected chi connectivity index (χ1v) is 7.49. The molecule has 2 aromatic carbocycles. The molecule has 6 nitrogen and oxygen atoms in total. The van der Waals surface area contributed by atoms with Crippen molar-refractivity contribution in [1.29, 1.82) is 0 Å². The zero-order valence-electron chi connectivity index (χ0n) is 13.7. The summed E-state index contributed by atoms with van der Waals surface area (Å²) in [5.74, 6) is 0.0927. The second-order valence-corrected chi connectivity index (χ2v) is 5.46. The fourth-order valence-corrected chi connectivity index (χ4v) is 3.04. The number of amides is 2. The van der Waals surface area contributed by atoms with Crippen molar-refractivity contribution in [3.8, 4) is 5.75 Å². The Bertz CT molecular complexity index is 857. The molecule has 1 atom stereocenters. The number of fused-ring (bicyclic) bond motifs is 1. The Labute approximate surface area is 139 Å². The number of urea groups is 1. The number of benzene rings is 2. The lowest BCUT2D eigenvalue weighted by atomic mass is 9.90. The number of ether oxygens (including phenoxy) is 2. The molecule has 1 heterocycles. The van der Waals surface area contributed by atoms with E-state index >= 15 is 0 Å². The maximum Gasteiger partial charge on any atom is 0.337 e. The van der Waals surface area contributed by atoms with Crippen LogP contribution in [0.25, 0.3) is 10.8 Å². The van der Waals surface area contributed by atoms with Gasteiger partial charge in [0.15, 0.2) is 0 Å². The molecule has 3 rings (SSSR count). The van der Waals surface area contributed by atoms with E-state index in [9.17, 15) is 9.59 Å². The van der Waals surface area contributed by atoms with Crippen molar-refractivity contribution in [1.82, 2.24) is 10.6 Å². The highest BCUT2D eigenvalue weighted by Gasteiger charge is 2.34. The molecule has 0 bridgehead atoms. The predicted octanol–water partition coefficient (Wildman–Crippen LogP) is 2.65. The molecule has 0 saturated carbocycles. The van der Waals surface area contributed by atoms with Gasteiger partial charge < -0.3 is 20.1 Å². The van der Waals surface area contributed by atoms with Crippen molar-refractivity contribution >= 4 is 22.8 Å². The number of hydrogen-bond donors (Lipinski definition) is 2. The second kappa shape index (κ2) is 6.23. The molecule has 124 valence electrons. The lowest BCUT2D eigenvalue weighted by Gasteiger charge is -2.29. The molecule has 1 aliphatic heterocycles. The maximum absolute atomic E-state index is 12.3. The highest BCUT2D eigenvalue weighted by Crippen LogP contribution is 2.38. The van der Waals surface area contributed by atoms with Crippen molar-refractivity contribution in [2.24, 2.45) is 0 Å². The van der Waals surface area contributed by atoms with Gasteiger partial charge in [0.1, 0.15) is 5.75 Å². The number of rotatable bonds is 3. The molecule has 1 aliphatic rings. The fraction of sp³-hybridized carbons (Fsp3) is 0.222. The Balaban J connectivity index is 2.29. The number of carbonyl (C=O) groups is 2. The lowest BCUT2D eigenvalue weighted by Crippen LogP contribution is -2.45. The molecule has 0 spiro atoms. The molecule has 0 unspecified atom stereocenters. The van der Waals surface area contributed by atoms with Crippen LogP contribution in [0.2, 0.25) is 0 Å². The van der Waals surface area contributed by atoms with E-state index in [4.69, 9.17) is 9.47 Å². The molecular weight excluding hydrogens is 308 g/mol. The number of methoxy groups -OCH3 is 2. The summed E-state index contributed by atoms with van der Waals surface area (Å²) in [5, 5.41) is 7.31. The molecule has 0 fully saturated rings. The first-order chi connectivity index (χ1) is 11.6. The van der Waals surface area contributed by atoms with Crippen LogP contribution in [-0.2, 0) is 9.53 Å². The number of esters is 1. The van der Waals surface area contributed by atoms with Crippen LogP contribution in [0.1, 0.15) is 18.5 Å². The van der Waals surface area contributed by atoms with Crippen molar-refractivity contribution in [3.05, 3.63) is 53.2 Å². The Morgan fingerprint density at radius 2 is 1.88 bits per heavy atom. The lowest BCUT2D eigenvalue weighted by molar-refractivity contribution is -0.136. The first kappa shape index (κ1) is 15.9. The van der Waals surface area contributed by atoms with E-state index in [0.717, 1.165) is 16.3 Å². The average molecular weight is 326 g/mol. The highest BCUT2D eigenvalue weighted by molar-refractivity contribution is 5.98. The predicted molar refractivity (Wildman–Crippen MR) is 89.6 cm³/mol. The summed E-state index contributed by atoms with van der Waals surface area (Å²) in [6, 6.07) is 10.5. The van der Waals surface area contributed by atoms with Crippen LogP contribution in [0.15, 0.2) is 47.7 Å². The van der Waals surface area contributed by atoms with Gasteiger partial charge in [-0.2, -0.15) is 0 Å². The van der Waals surface area contributed by atoms with Gasteiger partial charge >= 0.3 is 12.0 Å². The molecular formula is C18H18N2O4. The summed E-state index contributed by atoms with van der Waals surface area (Å²) in [7, 11) is 2.88. The van der Waals surface area contributed by atoms with Crippen LogP contribution in [0.5, 0.6) is 5.75 Å². The third-order valence-corrected chi connectivity index (χ3v) is 4.11. The van der Waals surface area contributed by atoms with Gasteiger partial charge in [0, 0.05) is 11.3 Å². The minimum absolute atomic E-state index is 0.353. The SMILES string of the molecule is COC(=O)C1=C(C)NC(=O)N[C@@H]1c1c(OC)ccc2ccccc12. The van der Waals surface area contributed by atoms with E-state index in [0.29, 0.717) is 17.0 Å². The summed E-state index contributed by atoms with van der Waals surface area (Å²) < 4.78 is 10.4. The fourth-order valence-electron chi connectivity index (χ4n) is 3.04. The number of carbonyl (C=O) groups excluding carboxylic acids is 2. The average Bonchev–Trinajstić information content (AvgIpc) is 2.59. The minimum Gasteiger partial charge on any atom is -0.496 e. The second-order valence-electron chi connectivity index (χ2n) is 5.46. The quantitative estimate of drug-likeness (QED) is 0.850. The van der Waals surface area contributed by atoms with Gasteiger partial charge in [-0.25, -0.2) is 9.59 Å². The minimum atomic E-state index is -0.660. The van der Waals surface area contributed by atoms with E-state index in [-0.39, 0.29) is 6.03 Å². The molecule has 0 aromatic heterocycles. The molecule has 0 aliphatic carbocycles. The third kappa shape index (κ3) is 2.56. The Hall–Kier alpha value is -3.02. The Morgan fingerprint density at radius 3 is 2.58 bits per heavy atom. The van der Waals surface area contributed by atoms with Crippen LogP contribution in [-0.4, -0.2) is 26.2 Å². The topological polar surface area (TPSA) is 76.7 Å². The molecule has 2 N–H and O–H groups in total. The van der Waals surface area contributed by atoms with Crippen LogP contribution in [0.3, 0.4) is 0 Å². The standard InChI is InChI=1S/C18H18N2O4/c1-10-14(17(21)24-3)16(20-18(22)19-10)15-12-7-5-4-6-11(12)8-9-13(15)23-2/h4-9,16H,1-3H3,(H2,19,20,22)/t16-/m0/s1. The molecule has 0 radical (unpaired) electrons. The van der Waals surface area contributed by atoms with E-state index < -0.39 is 12.0 Å². The van der Waals surface area contributed by atoms with Crippen LogP contribution >= 0.6 is 0 Å². The number of allylic oxidation sites excluding steroid dienone is 1. The monoisotopic (exact) mass is 326 g/mol. The molecule has 2 amide bonds. The van der Waals surface area contributed by atoms with E-state index in [1.54, 1.807) is 14.0 Å². The van der Waals surface area contributed by atoms with Crippen molar-refractivity contribution in [2.45, 2.75) is 13.0 Å². The van der Waals surface area contributed by atoms with E-state index in [1.807, 2.05) is 36.4 Å². The zero-order chi connectivity index (χ0) is 17.3. The summed E-state index contributed by atoms with van der Waals surface area (Å²) in [6.45, 7) is 1.68. The Morgan fingerprint density at radius 1 is 1.12 bits per heavy atom. The molecule has 6 heteroatoms. The zero-order valence-corrected chi connectivity index (χ0v) is 13.7. The van der Waals surface area contributed by atoms with Gasteiger partial charge in [-0.15, -0.1) is 0 Å². The highest BCUT2D eigenvalue weighted by atomic mass is 16.5. The van der Waals surface area contributed by atoms with E-state index in [2.05, 4.69) is 10.6 Å². The largest absolute Gasteiger partial charge is 0.496 e. The van der Waals surface area contributed by atoms with Gasteiger partial charge in [-0.05, 0) is 23.8 Å². The van der Waals surface area contributed by atoms with Gasteiger partial charge in [-0.3, -0.25) is 0 Å². The normalized spacial score (nSPS) is 17.3. The van der Waals surface area contributed by atoms with Crippen LogP contribution in [0.4, 0.5) is 4.79 Å². The number of nitrogens with one attached hydrogen (secondary N) is 2. The summed E-state index contributed by atoms with van der Waals surface area (Å²) in [4.78, 5) is 24.3. The third-order valence-electron chi connectivity index (χ3n) is 4.11. The van der Waals surface area contributed by atoms with Gasteiger partial charge in [0.25, 0.3) is 0 Å². The van der Waals surface area contributed by atoms with Crippen molar-refractivity contribution in [3.63, 3.8) is 0 Å². The number of hydrogen-bond acceptors (Lipinski definition) is 4. The smallest absolute Gasteiger partial charge is 0.337 e.